The number of likely N-dealkylation sites (tertiary alicyclic amines) is 1. The van der Waals surface area contributed by atoms with Crippen LogP contribution in [0.1, 0.15) is 27.2 Å². The Morgan fingerprint density at radius 1 is 1.56 bits per heavy atom. The quantitative estimate of drug-likeness (QED) is 0.731. The topological polar surface area (TPSA) is 77.8 Å². The fourth-order valence-corrected chi connectivity index (χ4v) is 2.15. The van der Waals surface area contributed by atoms with Gasteiger partial charge in [-0.3, -0.25) is 4.79 Å². The number of aliphatic hydroxyl groups is 1. The number of carbonyl (C=O) groups excluding carboxylic acids is 1. The van der Waals surface area contributed by atoms with Gasteiger partial charge in [0.15, 0.2) is 0 Å². The Bertz CT molecular complexity index is 295. The van der Waals surface area contributed by atoms with Crippen molar-refractivity contribution in [2.24, 2.45) is 11.3 Å². The van der Waals surface area contributed by atoms with Gasteiger partial charge >= 0.3 is 5.97 Å². The smallest absolute Gasteiger partial charge is 0.326 e. The molecule has 1 aliphatic heterocycles. The molecule has 0 aliphatic carbocycles. The second-order valence-corrected chi connectivity index (χ2v) is 5.41. The van der Waals surface area contributed by atoms with Crippen molar-refractivity contribution in [1.82, 2.24) is 4.90 Å². The maximum Gasteiger partial charge on any atom is 0.326 e. The van der Waals surface area contributed by atoms with Crippen molar-refractivity contribution in [2.75, 3.05) is 13.2 Å². The van der Waals surface area contributed by atoms with Gasteiger partial charge in [-0.2, -0.15) is 0 Å². The van der Waals surface area contributed by atoms with Crippen LogP contribution in [0.3, 0.4) is 0 Å². The van der Waals surface area contributed by atoms with Crippen LogP contribution in [0.15, 0.2) is 0 Å². The summed E-state index contributed by atoms with van der Waals surface area (Å²) in [6.45, 7) is 5.66. The molecule has 1 unspecified atom stereocenters. The average Bonchev–Trinajstić information content (AvgIpc) is 2.44. The fourth-order valence-electron chi connectivity index (χ4n) is 2.15. The van der Waals surface area contributed by atoms with Crippen molar-refractivity contribution in [3.63, 3.8) is 0 Å². The number of carbonyl (C=O) groups is 2. The number of aliphatic hydroxyl groups excluding tert-OH is 1. The lowest BCUT2D eigenvalue weighted by molar-refractivity contribution is -0.153. The van der Waals surface area contributed by atoms with Crippen LogP contribution in [0.25, 0.3) is 0 Å². The molecule has 1 saturated heterocycles. The number of rotatable bonds is 3. The lowest BCUT2D eigenvalue weighted by atomic mass is 9.85. The molecule has 5 nitrogen and oxygen atoms in total. The van der Waals surface area contributed by atoms with E-state index in [0.29, 0.717) is 6.54 Å². The van der Waals surface area contributed by atoms with Crippen molar-refractivity contribution in [2.45, 2.75) is 33.2 Å². The summed E-state index contributed by atoms with van der Waals surface area (Å²) < 4.78 is 0. The van der Waals surface area contributed by atoms with Gasteiger partial charge in [-0.05, 0) is 5.41 Å². The zero-order valence-corrected chi connectivity index (χ0v) is 9.93. The second-order valence-electron chi connectivity index (χ2n) is 5.41. The zero-order valence-electron chi connectivity index (χ0n) is 9.93. The minimum Gasteiger partial charge on any atom is -0.480 e. The fraction of sp³-hybridized carbons (Fsp3) is 0.818. The predicted molar refractivity (Wildman–Crippen MR) is 57.8 cm³/mol. The van der Waals surface area contributed by atoms with Gasteiger partial charge < -0.3 is 15.1 Å². The third-order valence-corrected chi connectivity index (χ3v) is 2.86. The molecular weight excluding hydrogens is 210 g/mol. The van der Waals surface area contributed by atoms with E-state index in [1.807, 2.05) is 0 Å². The highest BCUT2D eigenvalue weighted by molar-refractivity contribution is 5.85. The van der Waals surface area contributed by atoms with Crippen molar-refractivity contribution >= 4 is 11.9 Å². The van der Waals surface area contributed by atoms with Crippen molar-refractivity contribution < 1.29 is 19.8 Å². The van der Waals surface area contributed by atoms with Crippen LogP contribution < -0.4 is 0 Å². The Balaban J connectivity index is 2.89. The molecule has 2 atom stereocenters. The summed E-state index contributed by atoms with van der Waals surface area (Å²) >= 11 is 0. The molecule has 0 saturated carbocycles. The molecular formula is C11H19NO4. The summed E-state index contributed by atoms with van der Waals surface area (Å²) in [4.78, 5) is 24.3. The molecule has 1 aliphatic rings. The molecule has 5 heteroatoms. The molecule has 16 heavy (non-hydrogen) atoms. The van der Waals surface area contributed by atoms with E-state index in [9.17, 15) is 14.7 Å². The Labute approximate surface area is 95.1 Å². The molecule has 92 valence electrons. The van der Waals surface area contributed by atoms with Crippen LogP contribution in [0.5, 0.6) is 0 Å². The maximum absolute atomic E-state index is 11.7. The Kier molecular flexibility index (Phi) is 3.57. The van der Waals surface area contributed by atoms with E-state index in [-0.39, 0.29) is 24.9 Å². The van der Waals surface area contributed by atoms with Crippen LogP contribution in [0.2, 0.25) is 0 Å². The monoisotopic (exact) mass is 229 g/mol. The number of aliphatic carboxylic acids is 1. The molecule has 1 amide bonds. The molecule has 1 fully saturated rings. The molecule has 0 aromatic rings. The second kappa shape index (κ2) is 4.41. The van der Waals surface area contributed by atoms with Crippen LogP contribution in [0, 0.1) is 11.3 Å². The molecule has 0 aromatic carbocycles. The predicted octanol–water partition coefficient (Wildman–Crippen LogP) is 0.326. The molecule has 0 aromatic heterocycles. The molecule has 0 spiro atoms. The number of amides is 1. The summed E-state index contributed by atoms with van der Waals surface area (Å²) in [7, 11) is 0. The normalized spacial score (nSPS) is 23.6. The number of hydrogen-bond acceptors (Lipinski definition) is 3. The molecule has 0 radical (unpaired) electrons. The van der Waals surface area contributed by atoms with Crippen LogP contribution in [0.4, 0.5) is 0 Å². The van der Waals surface area contributed by atoms with Gasteiger partial charge in [-0.25, -0.2) is 4.79 Å². The third-order valence-electron chi connectivity index (χ3n) is 2.86. The standard InChI is InChI=1S/C11H19NO4/c1-11(2,3)9(10(15)16)12-5-7(6-13)4-8(12)14/h7,9,13H,4-6H2,1-3H3,(H,15,16)/t7?,9-/m1/s1. The van der Waals surface area contributed by atoms with E-state index < -0.39 is 17.4 Å². The SMILES string of the molecule is CC(C)(C)[C@@H](C(=O)O)N1CC(CO)CC1=O. The van der Waals surface area contributed by atoms with Gasteiger partial charge in [0.1, 0.15) is 6.04 Å². The van der Waals surface area contributed by atoms with Crippen LogP contribution in [-0.4, -0.2) is 46.2 Å². The van der Waals surface area contributed by atoms with E-state index in [0.717, 1.165) is 0 Å². The first-order chi connectivity index (χ1) is 7.27. The lowest BCUT2D eigenvalue weighted by Gasteiger charge is -2.34. The first kappa shape index (κ1) is 13.0. The van der Waals surface area contributed by atoms with Gasteiger partial charge in [-0.15, -0.1) is 0 Å². The minimum atomic E-state index is -0.987. The summed E-state index contributed by atoms with van der Waals surface area (Å²) in [5.41, 5.74) is -0.508. The first-order valence-corrected chi connectivity index (χ1v) is 5.40. The number of carboxylic acid groups (broad SMARTS) is 1. The van der Waals surface area contributed by atoms with Crippen LogP contribution in [-0.2, 0) is 9.59 Å². The van der Waals surface area contributed by atoms with Crippen molar-refractivity contribution in [3.05, 3.63) is 0 Å². The minimum absolute atomic E-state index is 0.0707. The van der Waals surface area contributed by atoms with Gasteiger partial charge in [0.2, 0.25) is 5.91 Å². The molecule has 0 bridgehead atoms. The van der Waals surface area contributed by atoms with E-state index in [1.165, 1.54) is 4.90 Å². The summed E-state index contributed by atoms with van der Waals surface area (Å²) in [6, 6.07) is -0.823. The highest BCUT2D eigenvalue weighted by atomic mass is 16.4. The highest BCUT2D eigenvalue weighted by Crippen LogP contribution is 2.30. The molecule has 1 heterocycles. The van der Waals surface area contributed by atoms with E-state index in [1.54, 1.807) is 20.8 Å². The number of carboxylic acids is 1. The van der Waals surface area contributed by atoms with E-state index >= 15 is 0 Å². The van der Waals surface area contributed by atoms with Gasteiger partial charge in [0.05, 0.1) is 0 Å². The lowest BCUT2D eigenvalue weighted by Crippen LogP contribution is -2.50. The van der Waals surface area contributed by atoms with Gasteiger partial charge in [-0.1, -0.05) is 20.8 Å². The highest BCUT2D eigenvalue weighted by Gasteiger charge is 2.43. The van der Waals surface area contributed by atoms with Gasteiger partial charge in [0.25, 0.3) is 0 Å². The maximum atomic E-state index is 11.7. The first-order valence-electron chi connectivity index (χ1n) is 5.40. The summed E-state index contributed by atoms with van der Waals surface area (Å²) in [6.07, 6.45) is 0.246. The van der Waals surface area contributed by atoms with E-state index in [2.05, 4.69) is 0 Å². The average molecular weight is 229 g/mol. The summed E-state index contributed by atoms with van der Waals surface area (Å²) in [5.74, 6) is -1.29. The largest absolute Gasteiger partial charge is 0.480 e. The van der Waals surface area contributed by atoms with Crippen molar-refractivity contribution in [1.29, 1.82) is 0 Å². The van der Waals surface area contributed by atoms with Crippen molar-refractivity contribution in [3.8, 4) is 0 Å². The Morgan fingerprint density at radius 3 is 2.44 bits per heavy atom. The van der Waals surface area contributed by atoms with E-state index in [4.69, 9.17) is 5.11 Å². The molecule has 1 rings (SSSR count). The summed E-state index contributed by atoms with van der Waals surface area (Å²) in [5, 5.41) is 18.2. The Hall–Kier alpha value is -1.10. The van der Waals surface area contributed by atoms with Gasteiger partial charge in [0, 0.05) is 25.5 Å². The number of nitrogens with zero attached hydrogens (tertiary/aromatic N) is 1. The number of hydrogen-bond donors (Lipinski definition) is 2. The zero-order chi connectivity index (χ0) is 12.5. The molecule has 2 N–H and O–H groups in total. The third kappa shape index (κ3) is 2.52. The van der Waals surface area contributed by atoms with Crippen LogP contribution >= 0.6 is 0 Å². The Morgan fingerprint density at radius 2 is 2.12 bits per heavy atom.